The van der Waals surface area contributed by atoms with Crippen molar-refractivity contribution in [1.29, 1.82) is 0 Å². The molecular formula is C17H43N7. The van der Waals surface area contributed by atoms with Crippen molar-refractivity contribution < 1.29 is 0 Å². The summed E-state index contributed by atoms with van der Waals surface area (Å²) in [5.41, 5.74) is 0. The molecule has 0 aromatic carbocycles. The standard InChI is InChI=1S/C17H43N7/c1-4-19-8-9-21-10-11-23-14-17-24(15-12-20-5-2)16-13-22-7-6-18-3/h18-23H,4-17H2,1-3H3. The highest BCUT2D eigenvalue weighted by Crippen LogP contribution is 1.85. The molecule has 0 aromatic rings. The fraction of sp³-hybridized carbons (Fsp3) is 1.00. The monoisotopic (exact) mass is 345 g/mol. The van der Waals surface area contributed by atoms with Gasteiger partial charge in [0, 0.05) is 78.5 Å². The van der Waals surface area contributed by atoms with Crippen LogP contribution in [-0.2, 0) is 0 Å². The molecule has 0 saturated carbocycles. The molecule has 0 saturated heterocycles. The average molecular weight is 346 g/mol. The minimum absolute atomic E-state index is 1.03. The molecule has 24 heavy (non-hydrogen) atoms. The first-order chi connectivity index (χ1) is 11.8. The van der Waals surface area contributed by atoms with E-state index in [-0.39, 0.29) is 0 Å². The van der Waals surface area contributed by atoms with Crippen LogP contribution >= 0.6 is 0 Å². The summed E-state index contributed by atoms with van der Waals surface area (Å²) in [5.74, 6) is 0. The second kappa shape index (κ2) is 20.8. The first-order valence-electron chi connectivity index (χ1n) is 9.75. The van der Waals surface area contributed by atoms with Crippen LogP contribution in [0, 0.1) is 0 Å². The van der Waals surface area contributed by atoms with E-state index in [9.17, 15) is 0 Å². The van der Waals surface area contributed by atoms with Crippen molar-refractivity contribution in [1.82, 2.24) is 36.8 Å². The summed E-state index contributed by atoms with van der Waals surface area (Å²) in [6.45, 7) is 19.1. The van der Waals surface area contributed by atoms with Crippen LogP contribution in [0.5, 0.6) is 0 Å². The molecule has 0 aliphatic rings. The predicted molar refractivity (Wildman–Crippen MR) is 106 cm³/mol. The SMILES string of the molecule is CCNCCNCCNCCN(CCNCC)CCNCCNC. The van der Waals surface area contributed by atoms with Crippen molar-refractivity contribution >= 4 is 0 Å². The van der Waals surface area contributed by atoms with Crippen LogP contribution in [0.25, 0.3) is 0 Å². The fourth-order valence-electron chi connectivity index (χ4n) is 2.34. The molecule has 0 aliphatic carbocycles. The van der Waals surface area contributed by atoms with Crippen LogP contribution in [-0.4, -0.2) is 104 Å². The highest BCUT2D eigenvalue weighted by atomic mass is 15.2. The zero-order valence-corrected chi connectivity index (χ0v) is 16.3. The third kappa shape index (κ3) is 18.1. The van der Waals surface area contributed by atoms with Crippen LogP contribution in [0.1, 0.15) is 13.8 Å². The van der Waals surface area contributed by atoms with E-state index in [1.807, 2.05) is 7.05 Å². The number of hydrogen-bond donors (Lipinski definition) is 6. The predicted octanol–water partition coefficient (Wildman–Crippen LogP) is -1.50. The lowest BCUT2D eigenvalue weighted by Gasteiger charge is -2.23. The van der Waals surface area contributed by atoms with Gasteiger partial charge in [0.2, 0.25) is 0 Å². The zero-order chi connectivity index (χ0) is 17.7. The van der Waals surface area contributed by atoms with Gasteiger partial charge in [-0.1, -0.05) is 13.8 Å². The van der Waals surface area contributed by atoms with Crippen molar-refractivity contribution in [2.45, 2.75) is 13.8 Å². The van der Waals surface area contributed by atoms with E-state index in [1.165, 1.54) is 0 Å². The highest BCUT2D eigenvalue weighted by molar-refractivity contribution is 4.64. The van der Waals surface area contributed by atoms with Crippen LogP contribution in [0.15, 0.2) is 0 Å². The van der Waals surface area contributed by atoms with E-state index in [4.69, 9.17) is 0 Å². The Labute approximate surface area is 150 Å². The van der Waals surface area contributed by atoms with Crippen molar-refractivity contribution in [3.05, 3.63) is 0 Å². The third-order valence-electron chi connectivity index (χ3n) is 3.82. The van der Waals surface area contributed by atoms with Gasteiger partial charge in [0.05, 0.1) is 0 Å². The van der Waals surface area contributed by atoms with E-state index in [2.05, 4.69) is 50.6 Å². The van der Waals surface area contributed by atoms with Crippen LogP contribution in [0.2, 0.25) is 0 Å². The molecule has 0 atom stereocenters. The molecule has 0 amide bonds. The maximum Gasteiger partial charge on any atom is 0.0108 e. The summed E-state index contributed by atoms with van der Waals surface area (Å²) in [6.07, 6.45) is 0. The molecule has 146 valence electrons. The lowest BCUT2D eigenvalue weighted by molar-refractivity contribution is 0.273. The Hall–Kier alpha value is -0.280. The number of nitrogens with zero attached hydrogens (tertiary/aromatic N) is 1. The van der Waals surface area contributed by atoms with Crippen molar-refractivity contribution in [3.63, 3.8) is 0 Å². The van der Waals surface area contributed by atoms with Gasteiger partial charge in [-0.05, 0) is 20.1 Å². The van der Waals surface area contributed by atoms with Gasteiger partial charge in [-0.3, -0.25) is 4.90 Å². The lowest BCUT2D eigenvalue weighted by atomic mass is 10.4. The maximum absolute atomic E-state index is 3.53. The molecule has 0 rings (SSSR count). The Morgan fingerprint density at radius 2 is 0.875 bits per heavy atom. The van der Waals surface area contributed by atoms with Crippen LogP contribution in [0.4, 0.5) is 0 Å². The van der Waals surface area contributed by atoms with Gasteiger partial charge in [0.25, 0.3) is 0 Å². The number of likely N-dealkylation sites (N-methyl/N-ethyl adjacent to an activating group) is 3. The van der Waals surface area contributed by atoms with Gasteiger partial charge in [0.1, 0.15) is 0 Å². The molecule has 7 nitrogen and oxygen atoms in total. The molecule has 0 bridgehead atoms. The van der Waals surface area contributed by atoms with Gasteiger partial charge < -0.3 is 31.9 Å². The van der Waals surface area contributed by atoms with E-state index in [0.29, 0.717) is 0 Å². The van der Waals surface area contributed by atoms with E-state index < -0.39 is 0 Å². The molecule has 0 fully saturated rings. The third-order valence-corrected chi connectivity index (χ3v) is 3.82. The maximum atomic E-state index is 3.53. The number of rotatable bonds is 20. The van der Waals surface area contributed by atoms with Crippen molar-refractivity contribution in [2.75, 3.05) is 98.7 Å². The molecule has 0 aromatic heterocycles. The van der Waals surface area contributed by atoms with Gasteiger partial charge in [-0.15, -0.1) is 0 Å². The molecule has 0 unspecified atom stereocenters. The summed E-state index contributed by atoms with van der Waals surface area (Å²) in [6, 6.07) is 0. The fourth-order valence-corrected chi connectivity index (χ4v) is 2.34. The molecule has 0 heterocycles. The number of hydrogen-bond acceptors (Lipinski definition) is 7. The summed E-state index contributed by atoms with van der Waals surface area (Å²) in [4.78, 5) is 2.53. The molecule has 6 N–H and O–H groups in total. The lowest BCUT2D eigenvalue weighted by Crippen LogP contribution is -2.42. The Balaban J connectivity index is 3.59. The Morgan fingerprint density at radius 1 is 0.500 bits per heavy atom. The van der Waals surface area contributed by atoms with Gasteiger partial charge in [-0.25, -0.2) is 0 Å². The van der Waals surface area contributed by atoms with E-state index in [0.717, 1.165) is 91.6 Å². The van der Waals surface area contributed by atoms with Gasteiger partial charge >= 0.3 is 0 Å². The molecule has 7 heteroatoms. The second-order valence-electron chi connectivity index (χ2n) is 5.90. The minimum Gasteiger partial charge on any atom is -0.318 e. The largest absolute Gasteiger partial charge is 0.318 e. The molecule has 0 aliphatic heterocycles. The summed E-state index contributed by atoms with van der Waals surface area (Å²) in [7, 11) is 1.99. The topological polar surface area (TPSA) is 75.4 Å². The molecule has 0 spiro atoms. The zero-order valence-electron chi connectivity index (χ0n) is 16.3. The first kappa shape index (κ1) is 23.7. The minimum atomic E-state index is 1.03. The first-order valence-corrected chi connectivity index (χ1v) is 9.75. The molecule has 0 radical (unpaired) electrons. The van der Waals surface area contributed by atoms with Crippen LogP contribution in [0.3, 0.4) is 0 Å². The van der Waals surface area contributed by atoms with E-state index >= 15 is 0 Å². The molecular weight excluding hydrogens is 302 g/mol. The Bertz CT molecular complexity index is 229. The van der Waals surface area contributed by atoms with Crippen molar-refractivity contribution in [2.24, 2.45) is 0 Å². The highest BCUT2D eigenvalue weighted by Gasteiger charge is 2.03. The average Bonchev–Trinajstić information content (AvgIpc) is 2.59. The Morgan fingerprint density at radius 3 is 1.38 bits per heavy atom. The second-order valence-corrected chi connectivity index (χ2v) is 5.90. The quantitative estimate of drug-likeness (QED) is 0.150. The normalized spacial score (nSPS) is 11.5. The summed E-state index contributed by atoms with van der Waals surface area (Å²) >= 11 is 0. The van der Waals surface area contributed by atoms with E-state index in [1.54, 1.807) is 0 Å². The van der Waals surface area contributed by atoms with Gasteiger partial charge in [-0.2, -0.15) is 0 Å². The number of nitrogens with one attached hydrogen (secondary N) is 6. The van der Waals surface area contributed by atoms with Crippen molar-refractivity contribution in [3.8, 4) is 0 Å². The summed E-state index contributed by atoms with van der Waals surface area (Å²) in [5, 5.41) is 20.3. The smallest absolute Gasteiger partial charge is 0.0108 e. The van der Waals surface area contributed by atoms with Gasteiger partial charge in [0.15, 0.2) is 0 Å². The Kier molecular flexibility index (Phi) is 20.5. The summed E-state index contributed by atoms with van der Waals surface area (Å²) < 4.78 is 0. The van der Waals surface area contributed by atoms with Crippen LogP contribution < -0.4 is 31.9 Å².